The van der Waals surface area contributed by atoms with E-state index < -0.39 is 0 Å². The van der Waals surface area contributed by atoms with Gasteiger partial charge in [-0.05, 0) is 35.1 Å². The van der Waals surface area contributed by atoms with E-state index in [1.54, 1.807) is 18.4 Å². The van der Waals surface area contributed by atoms with Gasteiger partial charge in [0.05, 0.1) is 18.7 Å². The van der Waals surface area contributed by atoms with E-state index in [0.717, 1.165) is 30.9 Å². The first-order valence-electron chi connectivity index (χ1n) is 7.96. The van der Waals surface area contributed by atoms with Crippen molar-refractivity contribution in [3.05, 3.63) is 52.2 Å². The molecule has 0 radical (unpaired) electrons. The number of carbonyl (C=O) groups excluding carboxylic acids is 1. The van der Waals surface area contributed by atoms with Gasteiger partial charge in [0.15, 0.2) is 0 Å². The Morgan fingerprint density at radius 3 is 2.71 bits per heavy atom. The van der Waals surface area contributed by atoms with E-state index in [0.29, 0.717) is 11.8 Å². The fourth-order valence-corrected chi connectivity index (χ4v) is 4.54. The summed E-state index contributed by atoms with van der Waals surface area (Å²) in [6, 6.07) is 10.2. The number of hydrogen-bond acceptors (Lipinski definition) is 4. The summed E-state index contributed by atoms with van der Waals surface area (Å²) in [5, 5.41) is 7.39. The zero-order valence-corrected chi connectivity index (χ0v) is 15.1. The number of methoxy groups -OCH3 is 1. The van der Waals surface area contributed by atoms with Crippen molar-refractivity contribution in [2.75, 3.05) is 26.7 Å². The van der Waals surface area contributed by atoms with Crippen LogP contribution in [-0.4, -0.2) is 37.6 Å². The Labute approximate surface area is 152 Å². The molecule has 4 nitrogen and oxygen atoms in total. The van der Waals surface area contributed by atoms with Crippen molar-refractivity contribution in [3.63, 3.8) is 0 Å². The number of carbonyl (C=O) groups is 1. The first-order chi connectivity index (χ1) is 11.3. The summed E-state index contributed by atoms with van der Waals surface area (Å²) in [6.07, 6.45) is 0. The number of nitrogens with zero attached hydrogens (tertiary/aromatic N) is 1. The lowest BCUT2D eigenvalue weighted by Crippen LogP contribution is -2.34. The minimum absolute atomic E-state index is 0. The topological polar surface area (TPSA) is 41.6 Å². The van der Waals surface area contributed by atoms with E-state index in [4.69, 9.17) is 4.74 Å². The van der Waals surface area contributed by atoms with Gasteiger partial charge in [0.25, 0.3) is 5.91 Å². The van der Waals surface area contributed by atoms with E-state index >= 15 is 0 Å². The zero-order chi connectivity index (χ0) is 15.8. The van der Waals surface area contributed by atoms with Crippen molar-refractivity contribution in [1.82, 2.24) is 10.2 Å². The standard InChI is InChI=1S/C18H20N2O2S.ClH/c1-22-15-4-2-12(3-5-15)17-16-9-19-8-14(16)10-20(17)18(21)13-6-7-23-11-13;/h2-7,11,14,16-17,19H,8-10H2,1H3;1H/t14-,16-,17+;/m0./s1. The Kier molecular flexibility index (Phi) is 5.13. The van der Waals surface area contributed by atoms with Crippen LogP contribution >= 0.6 is 23.7 Å². The molecule has 128 valence electrons. The predicted octanol–water partition coefficient (Wildman–Crippen LogP) is 3.21. The second-order valence-corrected chi connectivity index (χ2v) is 7.05. The van der Waals surface area contributed by atoms with Crippen molar-refractivity contribution >= 4 is 29.7 Å². The number of likely N-dealkylation sites (tertiary alicyclic amines) is 1. The third-order valence-corrected chi connectivity index (χ3v) is 5.73. The number of amides is 1. The van der Waals surface area contributed by atoms with E-state index in [2.05, 4.69) is 22.3 Å². The Morgan fingerprint density at radius 1 is 1.25 bits per heavy atom. The molecule has 24 heavy (non-hydrogen) atoms. The molecule has 0 bridgehead atoms. The van der Waals surface area contributed by atoms with Gasteiger partial charge < -0.3 is 15.0 Å². The van der Waals surface area contributed by atoms with Gasteiger partial charge in [-0.1, -0.05) is 12.1 Å². The Balaban J connectivity index is 0.00000169. The van der Waals surface area contributed by atoms with Crippen LogP contribution in [0.3, 0.4) is 0 Å². The average Bonchev–Trinajstić information content (AvgIpc) is 3.30. The van der Waals surface area contributed by atoms with Crippen LogP contribution in [0, 0.1) is 11.8 Å². The highest BCUT2D eigenvalue weighted by Crippen LogP contribution is 2.43. The lowest BCUT2D eigenvalue weighted by atomic mass is 9.89. The van der Waals surface area contributed by atoms with Gasteiger partial charge in [0.2, 0.25) is 0 Å². The lowest BCUT2D eigenvalue weighted by Gasteiger charge is -2.28. The fourth-order valence-electron chi connectivity index (χ4n) is 3.91. The molecule has 1 aromatic heterocycles. The quantitative estimate of drug-likeness (QED) is 0.909. The molecule has 0 spiro atoms. The van der Waals surface area contributed by atoms with Crippen LogP contribution in [-0.2, 0) is 0 Å². The number of benzene rings is 1. The third kappa shape index (κ3) is 2.92. The van der Waals surface area contributed by atoms with Crippen molar-refractivity contribution < 1.29 is 9.53 Å². The smallest absolute Gasteiger partial charge is 0.255 e. The van der Waals surface area contributed by atoms with Crippen molar-refractivity contribution in [2.24, 2.45) is 11.8 Å². The van der Waals surface area contributed by atoms with Gasteiger partial charge in [-0.3, -0.25) is 4.79 Å². The Hall–Kier alpha value is -1.56. The minimum atomic E-state index is 0. The van der Waals surface area contributed by atoms with Crippen molar-refractivity contribution in [2.45, 2.75) is 6.04 Å². The molecule has 1 amide bonds. The maximum absolute atomic E-state index is 12.9. The summed E-state index contributed by atoms with van der Waals surface area (Å²) >= 11 is 1.57. The first-order valence-corrected chi connectivity index (χ1v) is 8.90. The largest absolute Gasteiger partial charge is 0.497 e. The molecular weight excluding hydrogens is 344 g/mol. The molecule has 2 aliphatic heterocycles. The molecule has 1 aromatic carbocycles. The molecular formula is C18H21ClN2O2S. The van der Waals surface area contributed by atoms with Crippen LogP contribution in [0.2, 0.25) is 0 Å². The van der Waals surface area contributed by atoms with Gasteiger partial charge >= 0.3 is 0 Å². The van der Waals surface area contributed by atoms with Crippen LogP contribution < -0.4 is 10.1 Å². The number of nitrogens with one attached hydrogen (secondary N) is 1. The van der Waals surface area contributed by atoms with Gasteiger partial charge in [0.1, 0.15) is 5.75 Å². The molecule has 2 aromatic rings. The Bertz CT molecular complexity index is 690. The molecule has 3 heterocycles. The van der Waals surface area contributed by atoms with Crippen LogP contribution in [0.25, 0.3) is 0 Å². The van der Waals surface area contributed by atoms with Crippen LogP contribution in [0.1, 0.15) is 22.0 Å². The first kappa shape index (κ1) is 17.3. The average molecular weight is 365 g/mol. The number of rotatable bonds is 3. The summed E-state index contributed by atoms with van der Waals surface area (Å²) in [6.45, 7) is 2.82. The van der Waals surface area contributed by atoms with Crippen molar-refractivity contribution in [1.29, 1.82) is 0 Å². The van der Waals surface area contributed by atoms with Gasteiger partial charge in [0, 0.05) is 30.9 Å². The molecule has 6 heteroatoms. The molecule has 2 fully saturated rings. The van der Waals surface area contributed by atoms with E-state index in [-0.39, 0.29) is 24.4 Å². The number of hydrogen-bond donors (Lipinski definition) is 1. The molecule has 0 unspecified atom stereocenters. The van der Waals surface area contributed by atoms with E-state index in [9.17, 15) is 4.79 Å². The highest BCUT2D eigenvalue weighted by Gasteiger charge is 2.46. The number of thiophene rings is 1. The third-order valence-electron chi connectivity index (χ3n) is 5.05. The van der Waals surface area contributed by atoms with Crippen LogP contribution in [0.4, 0.5) is 0 Å². The second kappa shape index (κ2) is 7.13. The maximum Gasteiger partial charge on any atom is 0.255 e. The van der Waals surface area contributed by atoms with Crippen molar-refractivity contribution in [3.8, 4) is 5.75 Å². The second-order valence-electron chi connectivity index (χ2n) is 6.27. The summed E-state index contributed by atoms with van der Waals surface area (Å²) in [7, 11) is 1.67. The summed E-state index contributed by atoms with van der Waals surface area (Å²) < 4.78 is 5.26. The molecule has 3 atom stereocenters. The number of halogens is 1. The fraction of sp³-hybridized carbons (Fsp3) is 0.389. The monoisotopic (exact) mass is 364 g/mol. The van der Waals surface area contributed by atoms with Gasteiger partial charge in [-0.2, -0.15) is 11.3 Å². The Morgan fingerprint density at radius 2 is 2.04 bits per heavy atom. The summed E-state index contributed by atoms with van der Waals surface area (Å²) in [5.74, 6) is 2.04. The molecule has 2 saturated heterocycles. The highest BCUT2D eigenvalue weighted by molar-refractivity contribution is 7.08. The molecule has 0 saturated carbocycles. The summed E-state index contributed by atoms with van der Waals surface area (Å²) in [5.41, 5.74) is 2.01. The number of fused-ring (bicyclic) bond motifs is 1. The lowest BCUT2D eigenvalue weighted by molar-refractivity contribution is 0.0714. The van der Waals surface area contributed by atoms with E-state index in [1.807, 2.05) is 29.0 Å². The maximum atomic E-state index is 12.9. The predicted molar refractivity (Wildman–Crippen MR) is 98.2 cm³/mol. The zero-order valence-electron chi connectivity index (χ0n) is 13.5. The molecule has 0 aliphatic carbocycles. The number of ether oxygens (including phenoxy) is 1. The van der Waals surface area contributed by atoms with Crippen LogP contribution in [0.15, 0.2) is 41.1 Å². The normalized spacial score (nSPS) is 25.2. The summed E-state index contributed by atoms with van der Waals surface area (Å²) in [4.78, 5) is 15.0. The van der Waals surface area contributed by atoms with Gasteiger partial charge in [-0.25, -0.2) is 0 Å². The molecule has 2 aliphatic rings. The minimum Gasteiger partial charge on any atom is -0.497 e. The SMILES string of the molecule is COc1ccc([C@@H]2[C@H]3CNC[C@H]3CN2C(=O)c2ccsc2)cc1.Cl. The molecule has 4 rings (SSSR count). The molecule has 1 N–H and O–H groups in total. The van der Waals surface area contributed by atoms with Crippen LogP contribution in [0.5, 0.6) is 5.75 Å². The van der Waals surface area contributed by atoms with Gasteiger partial charge in [-0.15, -0.1) is 12.4 Å². The highest BCUT2D eigenvalue weighted by atomic mass is 35.5. The van der Waals surface area contributed by atoms with E-state index in [1.165, 1.54) is 5.56 Å².